The van der Waals surface area contributed by atoms with Crippen LogP contribution in [0.5, 0.6) is 0 Å². The first-order chi connectivity index (χ1) is 12.1. The number of rotatable bonds is 3. The van der Waals surface area contributed by atoms with E-state index >= 15 is 0 Å². The van der Waals surface area contributed by atoms with Crippen LogP contribution >= 0.6 is 23.1 Å². The van der Waals surface area contributed by atoms with Crippen LogP contribution in [0.3, 0.4) is 0 Å². The maximum absolute atomic E-state index is 14.1. The van der Waals surface area contributed by atoms with Crippen molar-refractivity contribution in [1.29, 1.82) is 0 Å². The van der Waals surface area contributed by atoms with Crippen molar-refractivity contribution in [2.75, 3.05) is 12.3 Å². The lowest BCUT2D eigenvalue weighted by Gasteiger charge is -2.24. The first kappa shape index (κ1) is 16.3. The Morgan fingerprint density at radius 2 is 2.16 bits per heavy atom. The first-order valence-electron chi connectivity index (χ1n) is 7.73. The Morgan fingerprint density at radius 3 is 3.00 bits per heavy atom. The highest BCUT2D eigenvalue weighted by atomic mass is 32.2. The molecule has 25 heavy (non-hydrogen) atoms. The summed E-state index contributed by atoms with van der Waals surface area (Å²) in [6, 6.07) is 8.27. The minimum absolute atomic E-state index is 0.0921. The van der Waals surface area contributed by atoms with Gasteiger partial charge < -0.3 is 4.90 Å². The van der Waals surface area contributed by atoms with E-state index < -0.39 is 0 Å². The van der Waals surface area contributed by atoms with E-state index in [4.69, 9.17) is 0 Å². The molecule has 4 rings (SSSR count). The second-order valence-corrected chi connectivity index (χ2v) is 7.75. The molecule has 1 fully saturated rings. The lowest BCUT2D eigenvalue weighted by molar-refractivity contribution is -0.132. The van der Waals surface area contributed by atoms with Crippen molar-refractivity contribution in [1.82, 2.24) is 14.5 Å². The fourth-order valence-corrected chi connectivity index (χ4v) is 4.98. The van der Waals surface area contributed by atoms with E-state index in [9.17, 15) is 14.0 Å². The summed E-state index contributed by atoms with van der Waals surface area (Å²) in [5, 5.41) is 1.44. The quantitative estimate of drug-likeness (QED) is 0.706. The van der Waals surface area contributed by atoms with Crippen molar-refractivity contribution in [2.24, 2.45) is 0 Å². The predicted molar refractivity (Wildman–Crippen MR) is 97.2 cm³/mol. The van der Waals surface area contributed by atoms with Gasteiger partial charge in [0, 0.05) is 17.9 Å². The summed E-state index contributed by atoms with van der Waals surface area (Å²) in [6.07, 6.45) is 1.40. The van der Waals surface area contributed by atoms with E-state index in [0.29, 0.717) is 22.3 Å². The van der Waals surface area contributed by atoms with Crippen molar-refractivity contribution >= 4 is 39.2 Å². The summed E-state index contributed by atoms with van der Waals surface area (Å²) in [7, 11) is 0. The molecule has 0 N–H and O–H groups in total. The fraction of sp³-hybridized carbons (Fsp3) is 0.235. The van der Waals surface area contributed by atoms with Crippen LogP contribution in [-0.4, -0.2) is 32.7 Å². The second kappa shape index (κ2) is 6.61. The van der Waals surface area contributed by atoms with Crippen LogP contribution < -0.4 is 5.56 Å². The predicted octanol–water partition coefficient (Wildman–Crippen LogP) is 2.87. The number of thioether (sulfide) groups is 1. The van der Waals surface area contributed by atoms with E-state index in [2.05, 4.69) is 4.98 Å². The van der Waals surface area contributed by atoms with E-state index in [1.54, 1.807) is 34.5 Å². The molecule has 1 aromatic carbocycles. The molecule has 0 saturated carbocycles. The van der Waals surface area contributed by atoms with Gasteiger partial charge in [0.25, 0.3) is 5.56 Å². The molecule has 0 bridgehead atoms. The van der Waals surface area contributed by atoms with Crippen LogP contribution in [0.1, 0.15) is 10.9 Å². The van der Waals surface area contributed by atoms with Crippen LogP contribution in [0, 0.1) is 5.82 Å². The molecular weight excluding hydrogens is 361 g/mol. The number of benzene rings is 1. The van der Waals surface area contributed by atoms with Gasteiger partial charge in [-0.05, 0) is 17.5 Å². The van der Waals surface area contributed by atoms with Gasteiger partial charge in [0.1, 0.15) is 22.4 Å². The number of nitrogens with zero attached hydrogens (tertiary/aromatic N) is 3. The van der Waals surface area contributed by atoms with Gasteiger partial charge in [-0.1, -0.05) is 18.2 Å². The van der Waals surface area contributed by atoms with Crippen LogP contribution in [0.15, 0.2) is 46.8 Å². The first-order valence-corrected chi connectivity index (χ1v) is 9.66. The number of halogens is 1. The summed E-state index contributed by atoms with van der Waals surface area (Å²) >= 11 is 2.84. The highest BCUT2D eigenvalue weighted by Crippen LogP contribution is 2.38. The zero-order valence-electron chi connectivity index (χ0n) is 13.1. The molecule has 5 nitrogen and oxygen atoms in total. The zero-order valence-corrected chi connectivity index (χ0v) is 14.7. The minimum atomic E-state index is -0.358. The Balaban J connectivity index is 1.60. The van der Waals surface area contributed by atoms with Crippen molar-refractivity contribution in [3.8, 4) is 0 Å². The lowest BCUT2D eigenvalue weighted by atomic mass is 10.2. The largest absolute Gasteiger partial charge is 0.324 e. The van der Waals surface area contributed by atoms with Crippen LogP contribution in [0.2, 0.25) is 0 Å². The summed E-state index contributed by atoms with van der Waals surface area (Å²) in [4.78, 5) is 31.0. The maximum atomic E-state index is 14.1. The summed E-state index contributed by atoms with van der Waals surface area (Å²) < 4.78 is 16.0. The molecule has 2 aromatic heterocycles. The molecule has 8 heteroatoms. The molecule has 1 aliphatic heterocycles. The van der Waals surface area contributed by atoms with Gasteiger partial charge in [-0.2, -0.15) is 0 Å². The van der Waals surface area contributed by atoms with Gasteiger partial charge in [0.2, 0.25) is 5.91 Å². The molecule has 0 unspecified atom stereocenters. The number of carbonyl (C=O) groups excluding carboxylic acids is 1. The molecule has 3 aromatic rings. The molecule has 1 atom stereocenters. The highest BCUT2D eigenvalue weighted by molar-refractivity contribution is 7.99. The van der Waals surface area contributed by atoms with Gasteiger partial charge in [-0.15, -0.1) is 23.1 Å². The molecule has 128 valence electrons. The second-order valence-electron chi connectivity index (χ2n) is 5.64. The van der Waals surface area contributed by atoms with E-state index in [0.717, 1.165) is 5.75 Å². The number of hydrogen-bond acceptors (Lipinski definition) is 5. The number of thiophene rings is 1. The zero-order chi connectivity index (χ0) is 17.4. The van der Waals surface area contributed by atoms with Crippen molar-refractivity contribution < 1.29 is 9.18 Å². The monoisotopic (exact) mass is 375 g/mol. The third-order valence-corrected chi connectivity index (χ3v) is 6.26. The van der Waals surface area contributed by atoms with Gasteiger partial charge in [0.15, 0.2) is 0 Å². The minimum Gasteiger partial charge on any atom is -0.324 e. The Bertz CT molecular complexity index is 1000. The number of carbonyl (C=O) groups is 1. The van der Waals surface area contributed by atoms with Gasteiger partial charge in [0.05, 0.1) is 11.8 Å². The Hall–Kier alpha value is -2.19. The molecule has 0 radical (unpaired) electrons. The molecule has 1 saturated heterocycles. The number of fused-ring (bicyclic) bond motifs is 1. The van der Waals surface area contributed by atoms with Crippen molar-refractivity contribution in [2.45, 2.75) is 11.9 Å². The van der Waals surface area contributed by atoms with E-state index in [1.165, 1.54) is 40.1 Å². The molecule has 0 aliphatic carbocycles. The Morgan fingerprint density at radius 1 is 1.32 bits per heavy atom. The Kier molecular flexibility index (Phi) is 4.30. The SMILES string of the molecule is O=C(Cn1cnc2ccsc2c1=O)N1CCS[C@H]1c1ccccc1F. The van der Waals surface area contributed by atoms with Crippen LogP contribution in [-0.2, 0) is 11.3 Å². The average molecular weight is 375 g/mol. The summed E-state index contributed by atoms with van der Waals surface area (Å²) in [6.45, 7) is 0.442. The third-order valence-electron chi connectivity index (χ3n) is 4.12. The maximum Gasteiger partial charge on any atom is 0.271 e. The Labute approximate surface area is 151 Å². The van der Waals surface area contributed by atoms with E-state index in [-0.39, 0.29) is 29.2 Å². The average Bonchev–Trinajstić information content (AvgIpc) is 3.27. The smallest absolute Gasteiger partial charge is 0.271 e. The van der Waals surface area contributed by atoms with Gasteiger partial charge in [-0.3, -0.25) is 14.2 Å². The lowest BCUT2D eigenvalue weighted by Crippen LogP contribution is -2.36. The van der Waals surface area contributed by atoms with Gasteiger partial charge >= 0.3 is 0 Å². The standard InChI is InChI=1S/C17H14FN3O2S2/c18-12-4-2-1-3-11(12)17-21(6-8-25-17)14(22)9-20-10-19-13-5-7-24-15(13)16(20)23/h1-5,7,10,17H,6,8-9H2/t17-/m0/s1. The number of hydrogen-bond donors (Lipinski definition) is 0. The molecule has 0 spiro atoms. The van der Waals surface area contributed by atoms with Crippen molar-refractivity contribution in [3.05, 3.63) is 63.8 Å². The molecule has 1 amide bonds. The number of amides is 1. The third kappa shape index (κ3) is 2.96. The number of aromatic nitrogens is 2. The fourth-order valence-electron chi connectivity index (χ4n) is 2.89. The molecule has 3 heterocycles. The summed E-state index contributed by atoms with van der Waals surface area (Å²) in [5.74, 6) is 0.207. The van der Waals surface area contributed by atoms with Crippen LogP contribution in [0.4, 0.5) is 4.39 Å². The normalized spacial score (nSPS) is 17.3. The van der Waals surface area contributed by atoms with E-state index in [1.807, 2.05) is 0 Å². The van der Waals surface area contributed by atoms with Crippen molar-refractivity contribution in [3.63, 3.8) is 0 Å². The van der Waals surface area contributed by atoms with Crippen LogP contribution in [0.25, 0.3) is 10.2 Å². The van der Waals surface area contributed by atoms with Gasteiger partial charge in [-0.25, -0.2) is 9.37 Å². The highest BCUT2D eigenvalue weighted by Gasteiger charge is 2.32. The summed E-state index contributed by atoms with van der Waals surface area (Å²) in [5.41, 5.74) is 0.917. The molecule has 1 aliphatic rings. The topological polar surface area (TPSA) is 55.2 Å². The molecular formula is C17H14FN3O2S2.